The number of benzene rings is 10. The van der Waals surface area contributed by atoms with Gasteiger partial charge in [-0.3, -0.25) is 4.98 Å². The number of hydrogen-bond donors (Lipinski definition) is 0. The van der Waals surface area contributed by atoms with Crippen LogP contribution in [0, 0.1) is 0 Å². The Morgan fingerprint density at radius 2 is 0.676 bits per heavy atom. The van der Waals surface area contributed by atoms with Gasteiger partial charge in [-0.05, 0) is 132 Å². The van der Waals surface area contributed by atoms with Gasteiger partial charge in [0, 0.05) is 28.5 Å². The number of fused-ring (bicyclic) bond motifs is 4. The highest BCUT2D eigenvalue weighted by atomic mass is 15.0. The Kier molecular flexibility index (Phi) is 9.50. The van der Waals surface area contributed by atoms with E-state index in [1.165, 1.54) is 16.3 Å². The zero-order valence-corrected chi connectivity index (χ0v) is 37.2. The fourth-order valence-corrected chi connectivity index (χ4v) is 10.5. The highest BCUT2D eigenvalue weighted by Gasteiger charge is 2.23. The van der Waals surface area contributed by atoms with Gasteiger partial charge < -0.3 is 9.13 Å². The summed E-state index contributed by atoms with van der Waals surface area (Å²) in [6, 6.07) is 92.5. The number of rotatable bonds is 8. The summed E-state index contributed by atoms with van der Waals surface area (Å²) in [7, 11) is 0. The van der Waals surface area contributed by atoms with Gasteiger partial charge in [-0.25, -0.2) is 0 Å². The van der Waals surface area contributed by atoms with Crippen LogP contribution in [-0.4, -0.2) is 14.1 Å². The molecule has 0 bridgehead atoms. The van der Waals surface area contributed by atoms with E-state index in [4.69, 9.17) is 4.98 Å². The molecule has 0 saturated carbocycles. The predicted octanol–water partition coefficient (Wildman–Crippen LogP) is 17.3. The lowest BCUT2D eigenvalue weighted by Gasteiger charge is -2.22. The van der Waals surface area contributed by atoms with Crippen molar-refractivity contribution in [2.45, 2.75) is 0 Å². The second-order valence-corrected chi connectivity index (χ2v) is 17.5. The standard InChI is InChI=1S/C65H43N3/c1-5-19-46(20-6-1)59-35-36-60(47-21-7-2-8-22-47)67(59)52-32-34-56-57(42-52)63(51-30-29-44-17-13-14-27-50(44)41-51)55-33-31-53(43-58(55)64(56)65-54-28-16-15-18-45(54)39-40-66-65)68-61(48-23-9-3-10-24-48)37-38-62(68)49-25-11-4-12-26-49/h1-43H. The van der Waals surface area contributed by atoms with Crippen LogP contribution < -0.4 is 0 Å². The molecule has 13 rings (SSSR count). The number of aromatic nitrogens is 3. The third-order valence-corrected chi connectivity index (χ3v) is 13.6. The van der Waals surface area contributed by atoms with Gasteiger partial charge in [-0.2, -0.15) is 0 Å². The Bertz CT molecular complexity index is 3880. The second kappa shape index (κ2) is 16.4. The molecule has 318 valence electrons. The van der Waals surface area contributed by atoms with Crippen LogP contribution in [0.2, 0.25) is 0 Å². The highest BCUT2D eigenvalue weighted by Crippen LogP contribution is 2.48. The van der Waals surface area contributed by atoms with Crippen LogP contribution in [0.5, 0.6) is 0 Å². The first-order valence-electron chi connectivity index (χ1n) is 23.3. The average Bonchev–Trinajstić information content (AvgIpc) is 4.07. The number of hydrogen-bond acceptors (Lipinski definition) is 1. The molecule has 0 aliphatic carbocycles. The average molecular weight is 866 g/mol. The molecular weight excluding hydrogens is 823 g/mol. The van der Waals surface area contributed by atoms with E-state index in [0.717, 1.165) is 106 Å². The van der Waals surface area contributed by atoms with E-state index >= 15 is 0 Å². The van der Waals surface area contributed by atoms with Gasteiger partial charge in [0.25, 0.3) is 0 Å². The topological polar surface area (TPSA) is 22.8 Å². The Hall–Kier alpha value is -9.05. The van der Waals surface area contributed by atoms with Crippen molar-refractivity contribution in [1.82, 2.24) is 14.1 Å². The normalized spacial score (nSPS) is 11.5. The molecule has 68 heavy (non-hydrogen) atoms. The first-order chi connectivity index (χ1) is 33.7. The van der Waals surface area contributed by atoms with Crippen molar-refractivity contribution in [3.8, 4) is 78.8 Å². The van der Waals surface area contributed by atoms with Crippen molar-refractivity contribution < 1.29 is 0 Å². The molecule has 10 aromatic carbocycles. The molecular formula is C65H43N3. The van der Waals surface area contributed by atoms with Crippen LogP contribution >= 0.6 is 0 Å². The molecule has 3 nitrogen and oxygen atoms in total. The maximum Gasteiger partial charge on any atom is 0.0792 e. The fraction of sp³-hybridized carbons (Fsp3) is 0. The fourth-order valence-electron chi connectivity index (χ4n) is 10.5. The number of pyridine rings is 1. The first kappa shape index (κ1) is 39.3. The van der Waals surface area contributed by atoms with Crippen LogP contribution in [0.4, 0.5) is 0 Å². The van der Waals surface area contributed by atoms with Crippen molar-refractivity contribution in [1.29, 1.82) is 0 Å². The van der Waals surface area contributed by atoms with E-state index in [1.54, 1.807) is 0 Å². The first-order valence-corrected chi connectivity index (χ1v) is 23.3. The zero-order chi connectivity index (χ0) is 45.0. The van der Waals surface area contributed by atoms with Gasteiger partial charge in [0.05, 0.1) is 28.5 Å². The molecule has 0 fully saturated rings. The summed E-state index contributed by atoms with van der Waals surface area (Å²) >= 11 is 0. The van der Waals surface area contributed by atoms with E-state index in [0.29, 0.717) is 0 Å². The van der Waals surface area contributed by atoms with Crippen LogP contribution in [0.15, 0.2) is 261 Å². The molecule has 0 saturated heterocycles. The van der Waals surface area contributed by atoms with E-state index in [2.05, 4.69) is 264 Å². The van der Waals surface area contributed by atoms with Crippen molar-refractivity contribution >= 4 is 43.1 Å². The van der Waals surface area contributed by atoms with E-state index < -0.39 is 0 Å². The third-order valence-electron chi connectivity index (χ3n) is 13.6. The van der Waals surface area contributed by atoms with Gasteiger partial charge in [-0.15, -0.1) is 0 Å². The lowest BCUT2D eigenvalue weighted by Crippen LogP contribution is -2.02. The Morgan fingerprint density at radius 1 is 0.250 bits per heavy atom. The minimum Gasteiger partial charge on any atom is -0.309 e. The number of nitrogens with zero attached hydrogens (tertiary/aromatic N) is 3. The van der Waals surface area contributed by atoms with Crippen molar-refractivity contribution in [2.75, 3.05) is 0 Å². The third kappa shape index (κ3) is 6.63. The minimum atomic E-state index is 0.961. The molecule has 0 aliphatic rings. The molecule has 3 aromatic heterocycles. The molecule has 0 radical (unpaired) electrons. The van der Waals surface area contributed by atoms with Crippen molar-refractivity contribution in [3.63, 3.8) is 0 Å². The van der Waals surface area contributed by atoms with Gasteiger partial charge in [0.1, 0.15) is 0 Å². The monoisotopic (exact) mass is 865 g/mol. The van der Waals surface area contributed by atoms with Gasteiger partial charge >= 0.3 is 0 Å². The summed E-state index contributed by atoms with van der Waals surface area (Å²) in [5, 5.41) is 9.28. The van der Waals surface area contributed by atoms with E-state index in [9.17, 15) is 0 Å². The largest absolute Gasteiger partial charge is 0.309 e. The Balaban J connectivity index is 1.17. The lowest BCUT2D eigenvalue weighted by molar-refractivity contribution is 1.10. The Labute approximate surface area is 395 Å². The Morgan fingerprint density at radius 3 is 1.19 bits per heavy atom. The predicted molar refractivity (Wildman–Crippen MR) is 286 cm³/mol. The van der Waals surface area contributed by atoms with E-state index in [-0.39, 0.29) is 0 Å². The summed E-state index contributed by atoms with van der Waals surface area (Å²) in [5.41, 5.74) is 15.7. The summed E-state index contributed by atoms with van der Waals surface area (Å²) in [5.74, 6) is 0. The minimum absolute atomic E-state index is 0.961. The maximum absolute atomic E-state index is 5.31. The van der Waals surface area contributed by atoms with Crippen LogP contribution in [0.1, 0.15) is 0 Å². The molecule has 3 heteroatoms. The summed E-state index contributed by atoms with van der Waals surface area (Å²) in [6.45, 7) is 0. The van der Waals surface area contributed by atoms with Gasteiger partial charge in [-0.1, -0.05) is 194 Å². The molecule has 0 aliphatic heterocycles. The molecule has 0 N–H and O–H groups in total. The second-order valence-electron chi connectivity index (χ2n) is 17.5. The summed E-state index contributed by atoms with van der Waals surface area (Å²) in [4.78, 5) is 5.31. The summed E-state index contributed by atoms with van der Waals surface area (Å²) in [6.07, 6.45) is 1.97. The lowest BCUT2D eigenvalue weighted by atomic mass is 9.85. The van der Waals surface area contributed by atoms with Crippen LogP contribution in [-0.2, 0) is 0 Å². The maximum atomic E-state index is 5.31. The smallest absolute Gasteiger partial charge is 0.0792 e. The zero-order valence-electron chi connectivity index (χ0n) is 37.2. The van der Waals surface area contributed by atoms with E-state index in [1.807, 2.05) is 6.20 Å². The highest BCUT2D eigenvalue weighted by molar-refractivity contribution is 6.24. The molecule has 0 atom stereocenters. The van der Waals surface area contributed by atoms with Crippen molar-refractivity contribution in [2.24, 2.45) is 0 Å². The molecule has 0 unspecified atom stereocenters. The van der Waals surface area contributed by atoms with Crippen molar-refractivity contribution in [3.05, 3.63) is 261 Å². The summed E-state index contributed by atoms with van der Waals surface area (Å²) < 4.78 is 4.86. The SMILES string of the molecule is c1ccc(-c2ccc(-c3ccccc3)n2-c2ccc3c(-c4nccc5ccccc45)c4cc(-n5c(-c6ccccc6)ccc5-c5ccccc5)ccc4c(-c4ccc5ccccc5c4)c3c2)cc1. The molecule has 13 aromatic rings. The molecule has 0 spiro atoms. The molecule has 3 heterocycles. The quantitative estimate of drug-likeness (QED) is 0.140. The van der Waals surface area contributed by atoms with Gasteiger partial charge in [0.15, 0.2) is 0 Å². The van der Waals surface area contributed by atoms with Gasteiger partial charge in [0.2, 0.25) is 0 Å². The molecule has 0 amide bonds. The van der Waals surface area contributed by atoms with Crippen LogP contribution in [0.3, 0.4) is 0 Å². The van der Waals surface area contributed by atoms with Crippen LogP contribution in [0.25, 0.3) is 122 Å².